The van der Waals surface area contributed by atoms with Crippen molar-refractivity contribution in [1.29, 1.82) is 0 Å². The van der Waals surface area contributed by atoms with Gasteiger partial charge in [-0.05, 0) is 38.0 Å². The summed E-state index contributed by atoms with van der Waals surface area (Å²) >= 11 is 0. The zero-order valence-corrected chi connectivity index (χ0v) is 12.2. The number of hydrogen-bond acceptors (Lipinski definition) is 5. The quantitative estimate of drug-likeness (QED) is 0.502. The summed E-state index contributed by atoms with van der Waals surface area (Å²) in [4.78, 5) is 8.45. The second kappa shape index (κ2) is 6.65. The Morgan fingerprint density at radius 3 is 2.67 bits per heavy atom. The third kappa shape index (κ3) is 3.89. The number of phenols is 1. The Morgan fingerprint density at radius 2 is 2.00 bits per heavy atom. The van der Waals surface area contributed by atoms with E-state index >= 15 is 0 Å². The van der Waals surface area contributed by atoms with Gasteiger partial charge >= 0.3 is 0 Å². The van der Waals surface area contributed by atoms with Gasteiger partial charge < -0.3 is 5.11 Å². The van der Waals surface area contributed by atoms with Gasteiger partial charge in [0.1, 0.15) is 5.75 Å². The van der Waals surface area contributed by atoms with Gasteiger partial charge in [0.25, 0.3) is 0 Å². The lowest BCUT2D eigenvalue weighted by atomic mass is 10.1. The van der Waals surface area contributed by atoms with Crippen molar-refractivity contribution in [2.75, 3.05) is 5.43 Å². The molecule has 0 aliphatic heterocycles. The molecule has 108 valence electrons. The number of para-hydroxylation sites is 1. The van der Waals surface area contributed by atoms with Crippen LogP contribution in [0.3, 0.4) is 0 Å². The number of nitrogens with one attached hydrogen (secondary N) is 1. The number of aromatic nitrogens is 2. The van der Waals surface area contributed by atoms with E-state index in [1.54, 1.807) is 18.4 Å². The molecular formula is C16H18N4O. The third-order valence-corrected chi connectivity index (χ3v) is 2.87. The van der Waals surface area contributed by atoms with Crippen LogP contribution in [0.5, 0.6) is 5.75 Å². The molecule has 5 heteroatoms. The molecule has 1 aromatic carbocycles. The monoisotopic (exact) mass is 282 g/mol. The molecule has 0 radical (unpaired) electrons. The zero-order valence-electron chi connectivity index (χ0n) is 12.2. The van der Waals surface area contributed by atoms with Gasteiger partial charge in [0.2, 0.25) is 5.95 Å². The molecule has 1 heterocycles. The largest absolute Gasteiger partial charge is 0.507 e. The van der Waals surface area contributed by atoms with Gasteiger partial charge in [0, 0.05) is 17.0 Å². The first-order valence-corrected chi connectivity index (χ1v) is 6.63. The number of nitrogens with zero attached hydrogens (tertiary/aromatic N) is 3. The highest BCUT2D eigenvalue weighted by molar-refractivity contribution is 5.84. The molecule has 0 saturated heterocycles. The number of rotatable bonds is 5. The summed E-state index contributed by atoms with van der Waals surface area (Å²) in [5.74, 6) is 0.648. The first-order valence-electron chi connectivity index (χ1n) is 6.63. The summed E-state index contributed by atoms with van der Waals surface area (Å²) in [6, 6.07) is 7.40. The molecule has 21 heavy (non-hydrogen) atoms. The SMILES string of the molecule is C=CCc1cccc(/C=N\Nc2nc(C)cc(C)n2)c1O. The molecule has 0 unspecified atom stereocenters. The van der Waals surface area contributed by atoms with E-state index < -0.39 is 0 Å². The second-order valence-corrected chi connectivity index (χ2v) is 4.69. The van der Waals surface area contributed by atoms with E-state index in [0.29, 0.717) is 17.9 Å². The van der Waals surface area contributed by atoms with Crippen LogP contribution in [0, 0.1) is 13.8 Å². The summed E-state index contributed by atoms with van der Waals surface area (Å²) in [5, 5.41) is 14.2. The molecule has 0 saturated carbocycles. The molecule has 0 amide bonds. The third-order valence-electron chi connectivity index (χ3n) is 2.87. The summed E-state index contributed by atoms with van der Waals surface area (Å²) in [7, 11) is 0. The highest BCUT2D eigenvalue weighted by atomic mass is 16.3. The van der Waals surface area contributed by atoms with E-state index in [0.717, 1.165) is 17.0 Å². The van der Waals surface area contributed by atoms with Gasteiger partial charge in [-0.25, -0.2) is 15.4 Å². The van der Waals surface area contributed by atoms with Crippen LogP contribution in [0.2, 0.25) is 0 Å². The molecule has 0 bridgehead atoms. The number of aryl methyl sites for hydroxylation is 2. The fourth-order valence-corrected chi connectivity index (χ4v) is 1.97. The molecule has 1 aromatic heterocycles. The Hall–Kier alpha value is -2.69. The Morgan fingerprint density at radius 1 is 1.29 bits per heavy atom. The van der Waals surface area contributed by atoms with E-state index in [9.17, 15) is 5.11 Å². The number of hydrogen-bond donors (Lipinski definition) is 2. The molecular weight excluding hydrogens is 264 g/mol. The summed E-state index contributed by atoms with van der Waals surface area (Å²) in [6.45, 7) is 7.47. The zero-order chi connectivity index (χ0) is 15.2. The molecule has 5 nitrogen and oxygen atoms in total. The summed E-state index contributed by atoms with van der Waals surface area (Å²) in [6.07, 6.45) is 3.90. The topological polar surface area (TPSA) is 70.4 Å². The van der Waals surface area contributed by atoms with Crippen LogP contribution in [0.25, 0.3) is 0 Å². The maximum atomic E-state index is 10.1. The molecule has 2 N–H and O–H groups in total. The number of hydrazone groups is 1. The first kappa shape index (κ1) is 14.7. The van der Waals surface area contributed by atoms with E-state index in [2.05, 4.69) is 27.1 Å². The van der Waals surface area contributed by atoms with Gasteiger partial charge in [-0.3, -0.25) is 0 Å². The minimum Gasteiger partial charge on any atom is -0.507 e. The minimum atomic E-state index is 0.212. The van der Waals surface area contributed by atoms with Crippen molar-refractivity contribution in [3.05, 3.63) is 59.4 Å². The molecule has 0 spiro atoms. The summed E-state index contributed by atoms with van der Waals surface area (Å²) in [5.41, 5.74) is 5.96. The number of benzene rings is 1. The lowest BCUT2D eigenvalue weighted by Gasteiger charge is -2.05. The predicted octanol–water partition coefficient (Wildman–Crippen LogP) is 2.97. The lowest BCUT2D eigenvalue weighted by molar-refractivity contribution is 0.469. The van der Waals surface area contributed by atoms with Crippen molar-refractivity contribution in [2.45, 2.75) is 20.3 Å². The van der Waals surface area contributed by atoms with Crippen LogP contribution < -0.4 is 5.43 Å². The molecule has 0 atom stereocenters. The fraction of sp³-hybridized carbons (Fsp3) is 0.188. The van der Waals surface area contributed by atoms with Gasteiger partial charge in [0.05, 0.1) is 6.21 Å². The molecule has 0 fully saturated rings. The van der Waals surface area contributed by atoms with E-state index in [-0.39, 0.29) is 5.75 Å². The fourth-order valence-electron chi connectivity index (χ4n) is 1.97. The number of aromatic hydroxyl groups is 1. The average molecular weight is 282 g/mol. The van der Waals surface area contributed by atoms with E-state index in [1.165, 1.54) is 0 Å². The van der Waals surface area contributed by atoms with E-state index in [1.807, 2.05) is 32.0 Å². The lowest BCUT2D eigenvalue weighted by Crippen LogP contribution is -2.00. The van der Waals surface area contributed by atoms with Crippen molar-refractivity contribution in [3.8, 4) is 5.75 Å². The number of phenolic OH excluding ortho intramolecular Hbond substituents is 1. The highest BCUT2D eigenvalue weighted by Gasteiger charge is 2.03. The molecule has 2 rings (SSSR count). The Bertz CT molecular complexity index is 660. The minimum absolute atomic E-state index is 0.212. The van der Waals surface area contributed by atoms with E-state index in [4.69, 9.17) is 0 Å². The van der Waals surface area contributed by atoms with Crippen LogP contribution >= 0.6 is 0 Å². The van der Waals surface area contributed by atoms with Crippen LogP contribution in [0.1, 0.15) is 22.5 Å². The Kier molecular flexibility index (Phi) is 4.66. The average Bonchev–Trinajstić information content (AvgIpc) is 2.42. The van der Waals surface area contributed by atoms with Crippen LogP contribution in [0.15, 0.2) is 42.0 Å². The Balaban J connectivity index is 2.14. The molecule has 2 aromatic rings. The summed E-state index contributed by atoms with van der Waals surface area (Å²) < 4.78 is 0. The van der Waals surface area contributed by atoms with Gasteiger partial charge in [0.15, 0.2) is 0 Å². The van der Waals surface area contributed by atoms with Gasteiger partial charge in [-0.1, -0.05) is 18.2 Å². The molecule has 0 aliphatic carbocycles. The van der Waals surface area contributed by atoms with Crippen molar-refractivity contribution in [3.63, 3.8) is 0 Å². The maximum absolute atomic E-state index is 10.1. The maximum Gasteiger partial charge on any atom is 0.243 e. The first-order chi connectivity index (χ1) is 10.1. The van der Waals surface area contributed by atoms with Crippen LogP contribution in [-0.4, -0.2) is 21.3 Å². The Labute approximate surface area is 124 Å². The predicted molar refractivity (Wildman–Crippen MR) is 84.7 cm³/mol. The normalized spacial score (nSPS) is 10.8. The second-order valence-electron chi connectivity index (χ2n) is 4.69. The van der Waals surface area contributed by atoms with Crippen molar-refractivity contribution < 1.29 is 5.11 Å². The van der Waals surface area contributed by atoms with Crippen LogP contribution in [0.4, 0.5) is 5.95 Å². The number of anilines is 1. The van der Waals surface area contributed by atoms with Crippen LogP contribution in [-0.2, 0) is 6.42 Å². The van der Waals surface area contributed by atoms with Gasteiger partial charge in [-0.2, -0.15) is 5.10 Å². The number of allylic oxidation sites excluding steroid dienone is 1. The van der Waals surface area contributed by atoms with Crippen molar-refractivity contribution in [2.24, 2.45) is 5.10 Å². The smallest absolute Gasteiger partial charge is 0.243 e. The van der Waals surface area contributed by atoms with Gasteiger partial charge in [-0.15, -0.1) is 6.58 Å². The molecule has 0 aliphatic rings. The standard InChI is InChI=1S/C16H18N4O/c1-4-6-13-7-5-8-14(15(13)21)10-17-20-16-18-11(2)9-12(3)19-16/h4-5,7-10,21H,1,6H2,2-3H3,(H,18,19,20)/b17-10-. The van der Waals surface area contributed by atoms with Crippen molar-refractivity contribution in [1.82, 2.24) is 9.97 Å². The van der Waals surface area contributed by atoms with Crippen molar-refractivity contribution >= 4 is 12.2 Å². The highest BCUT2D eigenvalue weighted by Crippen LogP contribution is 2.21.